The standard InChI is InChI=1S/C15H15NOS/c16-15(18)11-17-14-8-6-13(7-9-14)10-12-4-2-1-3-5-12/h1-9H,10-11H2,(H2,16,18). The summed E-state index contributed by atoms with van der Waals surface area (Å²) in [6.45, 7) is 0.285. The SMILES string of the molecule is NC(=S)COc1ccc(Cc2ccccc2)cc1. The summed E-state index contributed by atoms with van der Waals surface area (Å²) < 4.78 is 5.41. The van der Waals surface area contributed by atoms with Gasteiger partial charge in [-0.25, -0.2) is 0 Å². The van der Waals surface area contributed by atoms with Gasteiger partial charge >= 0.3 is 0 Å². The largest absolute Gasteiger partial charge is 0.487 e. The number of nitrogens with two attached hydrogens (primary N) is 1. The molecule has 18 heavy (non-hydrogen) atoms. The van der Waals surface area contributed by atoms with Gasteiger partial charge in [-0.05, 0) is 29.7 Å². The van der Waals surface area contributed by atoms with Crippen molar-refractivity contribution in [3.05, 3.63) is 65.7 Å². The monoisotopic (exact) mass is 257 g/mol. The Morgan fingerprint density at radius 2 is 1.56 bits per heavy atom. The zero-order valence-electron chi connectivity index (χ0n) is 10.0. The van der Waals surface area contributed by atoms with E-state index in [0.29, 0.717) is 4.99 Å². The highest BCUT2D eigenvalue weighted by molar-refractivity contribution is 7.80. The Labute approximate surface area is 112 Å². The van der Waals surface area contributed by atoms with E-state index in [1.165, 1.54) is 11.1 Å². The van der Waals surface area contributed by atoms with Gasteiger partial charge in [0.2, 0.25) is 0 Å². The van der Waals surface area contributed by atoms with Gasteiger partial charge in [-0.15, -0.1) is 0 Å². The lowest BCUT2D eigenvalue weighted by Crippen LogP contribution is -2.17. The normalized spacial score (nSPS) is 10.0. The van der Waals surface area contributed by atoms with E-state index in [1.54, 1.807) is 0 Å². The minimum atomic E-state index is 0.285. The molecule has 3 heteroatoms. The van der Waals surface area contributed by atoms with Crippen LogP contribution in [0.3, 0.4) is 0 Å². The first-order valence-corrected chi connectivity index (χ1v) is 6.19. The van der Waals surface area contributed by atoms with Gasteiger partial charge in [-0.1, -0.05) is 54.7 Å². The minimum absolute atomic E-state index is 0.285. The number of rotatable bonds is 5. The van der Waals surface area contributed by atoms with Crippen molar-refractivity contribution in [1.29, 1.82) is 0 Å². The Hall–Kier alpha value is -1.87. The summed E-state index contributed by atoms with van der Waals surface area (Å²) in [7, 11) is 0. The predicted octanol–water partition coefficient (Wildman–Crippen LogP) is 2.94. The summed E-state index contributed by atoms with van der Waals surface area (Å²) in [5.41, 5.74) is 7.93. The van der Waals surface area contributed by atoms with Crippen molar-refractivity contribution in [1.82, 2.24) is 0 Å². The van der Waals surface area contributed by atoms with Gasteiger partial charge in [0.25, 0.3) is 0 Å². The van der Waals surface area contributed by atoms with E-state index in [0.717, 1.165) is 12.2 Å². The van der Waals surface area contributed by atoms with Gasteiger partial charge in [-0.2, -0.15) is 0 Å². The van der Waals surface area contributed by atoms with Crippen LogP contribution in [-0.2, 0) is 6.42 Å². The molecule has 0 amide bonds. The van der Waals surface area contributed by atoms with Crippen molar-refractivity contribution in [2.75, 3.05) is 6.61 Å². The first kappa shape index (κ1) is 12.6. The van der Waals surface area contributed by atoms with Crippen molar-refractivity contribution < 1.29 is 4.74 Å². The fourth-order valence-electron chi connectivity index (χ4n) is 1.69. The van der Waals surface area contributed by atoms with E-state index in [4.69, 9.17) is 22.7 Å². The lowest BCUT2D eigenvalue weighted by Gasteiger charge is -2.06. The number of hydrogen-bond donors (Lipinski definition) is 1. The summed E-state index contributed by atoms with van der Waals surface area (Å²) in [5.74, 6) is 0.791. The molecule has 2 aromatic rings. The molecule has 0 aliphatic heterocycles. The fourth-order valence-corrected chi connectivity index (χ4v) is 1.75. The molecule has 0 saturated heterocycles. The van der Waals surface area contributed by atoms with Crippen molar-refractivity contribution in [3.8, 4) is 5.75 Å². The van der Waals surface area contributed by atoms with Crippen LogP contribution in [-0.4, -0.2) is 11.6 Å². The second-order valence-electron chi connectivity index (χ2n) is 4.06. The zero-order chi connectivity index (χ0) is 12.8. The van der Waals surface area contributed by atoms with E-state index in [2.05, 4.69) is 36.4 Å². The molecule has 2 aromatic carbocycles. The Morgan fingerprint density at radius 3 is 2.17 bits per heavy atom. The molecule has 2 rings (SSSR count). The van der Waals surface area contributed by atoms with Gasteiger partial charge in [0.05, 0.1) is 0 Å². The van der Waals surface area contributed by atoms with Crippen LogP contribution >= 0.6 is 12.2 Å². The molecule has 0 atom stereocenters. The molecular weight excluding hydrogens is 242 g/mol. The van der Waals surface area contributed by atoms with Crippen LogP contribution in [0, 0.1) is 0 Å². The number of ether oxygens (including phenoxy) is 1. The predicted molar refractivity (Wildman–Crippen MR) is 78.0 cm³/mol. The molecule has 0 fully saturated rings. The highest BCUT2D eigenvalue weighted by atomic mass is 32.1. The maximum Gasteiger partial charge on any atom is 0.138 e. The summed E-state index contributed by atoms with van der Waals surface area (Å²) in [6, 6.07) is 18.4. The lowest BCUT2D eigenvalue weighted by molar-refractivity contribution is 0.377. The first-order chi connectivity index (χ1) is 8.74. The quantitative estimate of drug-likeness (QED) is 0.836. The smallest absolute Gasteiger partial charge is 0.138 e. The molecule has 0 aliphatic rings. The molecule has 0 radical (unpaired) electrons. The summed E-state index contributed by atoms with van der Waals surface area (Å²) in [5, 5.41) is 0. The molecule has 0 aliphatic carbocycles. The Balaban J connectivity index is 1.97. The molecule has 92 valence electrons. The molecule has 0 spiro atoms. The van der Waals surface area contributed by atoms with Crippen LogP contribution in [0.1, 0.15) is 11.1 Å². The molecule has 0 bridgehead atoms. The summed E-state index contributed by atoms with van der Waals surface area (Å²) in [4.78, 5) is 0.364. The van der Waals surface area contributed by atoms with E-state index >= 15 is 0 Å². The van der Waals surface area contributed by atoms with Crippen molar-refractivity contribution >= 4 is 17.2 Å². The highest BCUT2D eigenvalue weighted by Gasteiger charge is 1.98. The van der Waals surface area contributed by atoms with Crippen molar-refractivity contribution in [2.24, 2.45) is 5.73 Å². The molecule has 0 unspecified atom stereocenters. The fraction of sp³-hybridized carbons (Fsp3) is 0.133. The van der Waals surface area contributed by atoms with Crippen LogP contribution < -0.4 is 10.5 Å². The maximum atomic E-state index is 5.41. The third kappa shape index (κ3) is 3.86. The third-order valence-electron chi connectivity index (χ3n) is 2.56. The summed E-state index contributed by atoms with van der Waals surface area (Å²) in [6.07, 6.45) is 0.927. The first-order valence-electron chi connectivity index (χ1n) is 5.78. The maximum absolute atomic E-state index is 5.41. The zero-order valence-corrected chi connectivity index (χ0v) is 10.8. The van der Waals surface area contributed by atoms with E-state index in [-0.39, 0.29) is 6.61 Å². The minimum Gasteiger partial charge on any atom is -0.487 e. The Bertz CT molecular complexity index is 508. The molecule has 0 heterocycles. The molecule has 2 N–H and O–H groups in total. The van der Waals surface area contributed by atoms with Gasteiger partial charge < -0.3 is 10.5 Å². The van der Waals surface area contributed by atoms with Crippen LogP contribution in [0.5, 0.6) is 5.75 Å². The Morgan fingerprint density at radius 1 is 0.944 bits per heavy atom. The average Bonchev–Trinajstić information content (AvgIpc) is 2.39. The van der Waals surface area contributed by atoms with Crippen LogP contribution in [0.4, 0.5) is 0 Å². The third-order valence-corrected chi connectivity index (χ3v) is 2.67. The molecule has 0 aromatic heterocycles. The van der Waals surface area contributed by atoms with Crippen LogP contribution in [0.2, 0.25) is 0 Å². The lowest BCUT2D eigenvalue weighted by atomic mass is 10.1. The number of benzene rings is 2. The Kier molecular flexibility index (Phi) is 4.31. The highest BCUT2D eigenvalue weighted by Crippen LogP contribution is 2.15. The van der Waals surface area contributed by atoms with Crippen molar-refractivity contribution in [3.63, 3.8) is 0 Å². The number of hydrogen-bond acceptors (Lipinski definition) is 2. The second kappa shape index (κ2) is 6.17. The molecule has 2 nitrogen and oxygen atoms in total. The van der Waals surface area contributed by atoms with Crippen LogP contribution in [0.15, 0.2) is 54.6 Å². The van der Waals surface area contributed by atoms with E-state index < -0.39 is 0 Å². The van der Waals surface area contributed by atoms with Gasteiger partial charge in [0.15, 0.2) is 0 Å². The molecular formula is C15H15NOS. The van der Waals surface area contributed by atoms with E-state index in [9.17, 15) is 0 Å². The van der Waals surface area contributed by atoms with Crippen molar-refractivity contribution in [2.45, 2.75) is 6.42 Å². The van der Waals surface area contributed by atoms with Gasteiger partial charge in [0.1, 0.15) is 17.3 Å². The average molecular weight is 257 g/mol. The van der Waals surface area contributed by atoms with Gasteiger partial charge in [-0.3, -0.25) is 0 Å². The number of thiocarbonyl (C=S) groups is 1. The van der Waals surface area contributed by atoms with E-state index in [1.807, 2.05) is 18.2 Å². The van der Waals surface area contributed by atoms with Crippen LogP contribution in [0.25, 0.3) is 0 Å². The second-order valence-corrected chi connectivity index (χ2v) is 4.59. The summed E-state index contributed by atoms with van der Waals surface area (Å²) >= 11 is 4.76. The topological polar surface area (TPSA) is 35.2 Å². The molecule has 0 saturated carbocycles. The van der Waals surface area contributed by atoms with Gasteiger partial charge in [0, 0.05) is 0 Å².